The fourth-order valence-corrected chi connectivity index (χ4v) is 2.59. The maximum atomic E-state index is 12.2. The lowest BCUT2D eigenvalue weighted by Gasteiger charge is -2.22. The number of carbonyl (C=O) groups excluding carboxylic acids is 2. The summed E-state index contributed by atoms with van der Waals surface area (Å²) in [7, 11) is 0. The van der Waals surface area contributed by atoms with E-state index < -0.39 is 0 Å². The highest BCUT2D eigenvalue weighted by Gasteiger charge is 2.27. The second-order valence-electron chi connectivity index (χ2n) is 5.56. The third-order valence-electron chi connectivity index (χ3n) is 3.78. The molecule has 0 atom stereocenters. The monoisotopic (exact) mass is 273 g/mol. The number of benzene rings is 1. The molecule has 5 heteroatoms. The van der Waals surface area contributed by atoms with E-state index in [1.54, 1.807) is 11.0 Å². The molecule has 0 unspecified atom stereocenters. The Balaban J connectivity index is 1.83. The molecule has 0 spiro atoms. The number of hydrogen-bond donors (Lipinski definition) is 2. The molecule has 3 rings (SSSR count). The van der Waals surface area contributed by atoms with Crippen LogP contribution >= 0.6 is 0 Å². The summed E-state index contributed by atoms with van der Waals surface area (Å²) in [5, 5.41) is 2.93. The lowest BCUT2D eigenvalue weighted by molar-refractivity contribution is -0.123. The van der Waals surface area contributed by atoms with Gasteiger partial charge in [0, 0.05) is 23.8 Å². The van der Waals surface area contributed by atoms with E-state index >= 15 is 0 Å². The number of nitrogen functional groups attached to an aromatic ring is 1. The highest BCUT2D eigenvalue weighted by molar-refractivity contribution is 6.00. The molecule has 1 aliphatic heterocycles. The van der Waals surface area contributed by atoms with E-state index in [1.807, 2.05) is 12.1 Å². The second kappa shape index (κ2) is 5.15. The summed E-state index contributed by atoms with van der Waals surface area (Å²) in [6.07, 6.45) is 4.20. The maximum Gasteiger partial charge on any atom is 0.240 e. The number of nitrogens with one attached hydrogen (secondary N) is 1. The number of hydrogen-bond acceptors (Lipinski definition) is 3. The van der Waals surface area contributed by atoms with Crippen LogP contribution < -0.4 is 16.0 Å². The van der Waals surface area contributed by atoms with Crippen LogP contribution in [0.4, 0.5) is 11.4 Å². The Kier molecular flexibility index (Phi) is 3.34. The number of anilines is 2. The van der Waals surface area contributed by atoms with Crippen LogP contribution in [0.15, 0.2) is 18.2 Å². The van der Waals surface area contributed by atoms with E-state index in [1.165, 1.54) is 0 Å². The standard InChI is InChI=1S/C15H19N3O2/c16-11-4-7-13-10(8-11)2-1-3-15(20)18(13)9-14(19)17-12-5-6-12/h4,7-8,12H,1-3,5-6,9,16H2,(H,17,19). The van der Waals surface area contributed by atoms with Crippen LogP contribution in [0.3, 0.4) is 0 Å². The predicted octanol–water partition coefficient (Wildman–Crippen LogP) is 1.22. The lowest BCUT2D eigenvalue weighted by Crippen LogP contribution is -2.41. The largest absolute Gasteiger partial charge is 0.399 e. The molecule has 1 fully saturated rings. The summed E-state index contributed by atoms with van der Waals surface area (Å²) in [5.74, 6) is -0.0648. The van der Waals surface area contributed by atoms with E-state index in [4.69, 9.17) is 5.73 Å². The van der Waals surface area contributed by atoms with Crippen molar-refractivity contribution in [1.29, 1.82) is 0 Å². The number of carbonyl (C=O) groups is 2. The molecule has 1 aromatic carbocycles. The van der Waals surface area contributed by atoms with Gasteiger partial charge in [0.1, 0.15) is 6.54 Å². The van der Waals surface area contributed by atoms with Crippen LogP contribution in [0.25, 0.3) is 0 Å². The van der Waals surface area contributed by atoms with Crippen molar-refractivity contribution in [2.45, 2.75) is 38.1 Å². The van der Waals surface area contributed by atoms with Gasteiger partial charge in [-0.2, -0.15) is 0 Å². The first kappa shape index (κ1) is 13.0. The molecule has 20 heavy (non-hydrogen) atoms. The lowest BCUT2D eigenvalue weighted by atomic mass is 10.1. The average molecular weight is 273 g/mol. The Bertz CT molecular complexity index is 552. The highest BCUT2D eigenvalue weighted by atomic mass is 16.2. The van der Waals surface area contributed by atoms with Gasteiger partial charge in [0.2, 0.25) is 11.8 Å². The molecule has 1 saturated carbocycles. The van der Waals surface area contributed by atoms with Crippen molar-refractivity contribution < 1.29 is 9.59 Å². The van der Waals surface area contributed by atoms with Crippen molar-refractivity contribution in [3.63, 3.8) is 0 Å². The van der Waals surface area contributed by atoms with Gasteiger partial charge >= 0.3 is 0 Å². The first-order valence-electron chi connectivity index (χ1n) is 7.11. The van der Waals surface area contributed by atoms with Gasteiger partial charge in [-0.1, -0.05) is 0 Å². The van der Waals surface area contributed by atoms with E-state index in [-0.39, 0.29) is 18.4 Å². The number of rotatable bonds is 3. The van der Waals surface area contributed by atoms with Crippen LogP contribution in [0.1, 0.15) is 31.2 Å². The van der Waals surface area contributed by atoms with Crippen molar-refractivity contribution in [3.05, 3.63) is 23.8 Å². The topological polar surface area (TPSA) is 75.4 Å². The van der Waals surface area contributed by atoms with Crippen LogP contribution in [0.2, 0.25) is 0 Å². The molecule has 0 aromatic heterocycles. The SMILES string of the molecule is Nc1ccc2c(c1)CCCC(=O)N2CC(=O)NC1CC1. The molecule has 0 radical (unpaired) electrons. The fraction of sp³-hybridized carbons (Fsp3) is 0.467. The zero-order chi connectivity index (χ0) is 14.1. The minimum atomic E-state index is -0.0782. The van der Waals surface area contributed by atoms with Gasteiger partial charge in [-0.25, -0.2) is 0 Å². The molecule has 1 aromatic rings. The van der Waals surface area contributed by atoms with E-state index in [0.717, 1.165) is 36.9 Å². The highest BCUT2D eigenvalue weighted by Crippen LogP contribution is 2.28. The van der Waals surface area contributed by atoms with Crippen LogP contribution in [-0.2, 0) is 16.0 Å². The Morgan fingerprint density at radius 2 is 2.15 bits per heavy atom. The Morgan fingerprint density at radius 3 is 2.90 bits per heavy atom. The Labute approximate surface area is 118 Å². The third kappa shape index (κ3) is 2.76. The summed E-state index contributed by atoms with van der Waals surface area (Å²) in [6.45, 7) is 0.103. The second-order valence-corrected chi connectivity index (χ2v) is 5.56. The van der Waals surface area contributed by atoms with Gasteiger partial charge in [0.25, 0.3) is 0 Å². The minimum absolute atomic E-state index is 0.0134. The quantitative estimate of drug-likeness (QED) is 0.813. The van der Waals surface area contributed by atoms with Gasteiger partial charge in [0.05, 0.1) is 0 Å². The van der Waals surface area contributed by atoms with Crippen LogP contribution in [0.5, 0.6) is 0 Å². The summed E-state index contributed by atoms with van der Waals surface area (Å²) in [6, 6.07) is 5.84. The van der Waals surface area contributed by atoms with Gasteiger partial charge in [-0.15, -0.1) is 0 Å². The fourth-order valence-electron chi connectivity index (χ4n) is 2.59. The normalized spacial score (nSPS) is 18.4. The van der Waals surface area contributed by atoms with Crippen molar-refractivity contribution >= 4 is 23.2 Å². The summed E-state index contributed by atoms with van der Waals surface area (Å²) < 4.78 is 0. The van der Waals surface area contributed by atoms with Gasteiger partial charge in [-0.05, 0) is 49.4 Å². The number of amides is 2. The molecule has 1 aliphatic carbocycles. The first-order valence-corrected chi connectivity index (χ1v) is 7.11. The van der Waals surface area contributed by atoms with Crippen molar-refractivity contribution in [2.24, 2.45) is 0 Å². The van der Waals surface area contributed by atoms with Crippen molar-refractivity contribution in [2.75, 3.05) is 17.2 Å². The maximum absolute atomic E-state index is 12.2. The first-order chi connectivity index (χ1) is 9.63. The van der Waals surface area contributed by atoms with E-state index in [9.17, 15) is 9.59 Å². The molecule has 3 N–H and O–H groups in total. The van der Waals surface area contributed by atoms with Gasteiger partial charge in [-0.3, -0.25) is 9.59 Å². The third-order valence-corrected chi connectivity index (χ3v) is 3.78. The predicted molar refractivity (Wildman–Crippen MR) is 77.3 cm³/mol. The molecule has 0 saturated heterocycles. The van der Waals surface area contributed by atoms with Crippen molar-refractivity contribution in [1.82, 2.24) is 5.32 Å². The molecular weight excluding hydrogens is 254 g/mol. The van der Waals surface area contributed by atoms with Crippen LogP contribution in [0, 0.1) is 0 Å². The molecule has 0 bridgehead atoms. The Morgan fingerprint density at radius 1 is 1.35 bits per heavy atom. The molecule has 2 amide bonds. The molecule has 2 aliphatic rings. The number of aryl methyl sites for hydroxylation is 1. The van der Waals surface area contributed by atoms with Crippen molar-refractivity contribution in [3.8, 4) is 0 Å². The molecule has 106 valence electrons. The van der Waals surface area contributed by atoms with E-state index in [2.05, 4.69) is 5.32 Å². The van der Waals surface area contributed by atoms with E-state index in [0.29, 0.717) is 18.2 Å². The molecule has 1 heterocycles. The zero-order valence-electron chi connectivity index (χ0n) is 11.4. The van der Waals surface area contributed by atoms with Gasteiger partial charge in [0.15, 0.2) is 0 Å². The smallest absolute Gasteiger partial charge is 0.240 e. The number of nitrogens with two attached hydrogens (primary N) is 1. The summed E-state index contributed by atoms with van der Waals surface area (Å²) in [4.78, 5) is 25.8. The molecule has 5 nitrogen and oxygen atoms in total. The minimum Gasteiger partial charge on any atom is -0.399 e. The number of nitrogens with zero attached hydrogens (tertiary/aromatic N) is 1. The van der Waals surface area contributed by atoms with Crippen LogP contribution in [-0.4, -0.2) is 24.4 Å². The zero-order valence-corrected chi connectivity index (χ0v) is 11.4. The summed E-state index contributed by atoms with van der Waals surface area (Å²) >= 11 is 0. The molecular formula is C15H19N3O2. The van der Waals surface area contributed by atoms with Gasteiger partial charge < -0.3 is 16.0 Å². The average Bonchev–Trinajstić information content (AvgIpc) is 3.20. The Hall–Kier alpha value is -2.04. The number of fused-ring (bicyclic) bond motifs is 1. The summed E-state index contributed by atoms with van der Waals surface area (Å²) in [5.41, 5.74) is 8.38.